The lowest BCUT2D eigenvalue weighted by Gasteiger charge is -2.17. The second kappa shape index (κ2) is 7.78. The Bertz CT molecular complexity index is 462. The maximum absolute atomic E-state index is 4.58. The van der Waals surface area contributed by atoms with Crippen LogP contribution in [0.1, 0.15) is 35.3 Å². The maximum atomic E-state index is 4.58. The molecular formula is C15H22N2S2. The third kappa shape index (κ3) is 5.05. The molecule has 0 aliphatic rings. The van der Waals surface area contributed by atoms with Crippen LogP contribution in [-0.4, -0.2) is 17.6 Å². The van der Waals surface area contributed by atoms with E-state index in [1.165, 1.54) is 34.8 Å². The average Bonchev–Trinajstić information content (AvgIpc) is 3.04. The van der Waals surface area contributed by atoms with E-state index < -0.39 is 0 Å². The number of nitrogens with one attached hydrogen (secondary N) is 1. The lowest BCUT2D eigenvalue weighted by molar-refractivity contribution is 0.475. The fraction of sp³-hybridized carbons (Fsp3) is 0.533. The van der Waals surface area contributed by atoms with Crippen LogP contribution in [0.3, 0.4) is 0 Å². The highest BCUT2D eigenvalue weighted by Gasteiger charge is 2.11. The van der Waals surface area contributed by atoms with Gasteiger partial charge in [0.15, 0.2) is 0 Å². The summed E-state index contributed by atoms with van der Waals surface area (Å²) in [5, 5.41) is 9.18. The Morgan fingerprint density at radius 3 is 2.89 bits per heavy atom. The number of hydrogen-bond donors (Lipinski definition) is 1. The summed E-state index contributed by atoms with van der Waals surface area (Å²) in [6.07, 6.45) is 4.60. The van der Waals surface area contributed by atoms with Gasteiger partial charge in [0.05, 0.1) is 10.7 Å². The summed E-state index contributed by atoms with van der Waals surface area (Å²) >= 11 is 3.61. The van der Waals surface area contributed by atoms with Crippen LogP contribution in [0.25, 0.3) is 0 Å². The van der Waals surface area contributed by atoms with Gasteiger partial charge in [-0.3, -0.25) is 0 Å². The van der Waals surface area contributed by atoms with E-state index in [1.54, 1.807) is 11.3 Å². The normalized spacial score (nSPS) is 12.7. The molecule has 1 atom stereocenters. The van der Waals surface area contributed by atoms with Crippen LogP contribution >= 0.6 is 22.7 Å². The molecule has 0 radical (unpaired) electrons. The first-order valence-corrected chi connectivity index (χ1v) is 8.70. The summed E-state index contributed by atoms with van der Waals surface area (Å²) in [5.74, 6) is 0. The molecule has 2 nitrogen and oxygen atoms in total. The van der Waals surface area contributed by atoms with E-state index >= 15 is 0 Å². The smallest absolute Gasteiger partial charge is 0.0897 e. The van der Waals surface area contributed by atoms with E-state index in [1.807, 2.05) is 11.3 Å². The van der Waals surface area contributed by atoms with Crippen molar-refractivity contribution in [3.05, 3.63) is 38.5 Å². The Morgan fingerprint density at radius 1 is 1.37 bits per heavy atom. The highest BCUT2D eigenvalue weighted by molar-refractivity contribution is 7.10. The molecule has 2 heterocycles. The maximum Gasteiger partial charge on any atom is 0.0897 e. The van der Waals surface area contributed by atoms with Crippen LogP contribution in [0, 0.1) is 6.92 Å². The van der Waals surface area contributed by atoms with Gasteiger partial charge in [0, 0.05) is 22.7 Å². The fourth-order valence-electron chi connectivity index (χ4n) is 2.15. The summed E-state index contributed by atoms with van der Waals surface area (Å²) in [4.78, 5) is 6.07. The molecule has 0 bridgehead atoms. The zero-order valence-electron chi connectivity index (χ0n) is 11.7. The van der Waals surface area contributed by atoms with Crippen molar-refractivity contribution >= 4 is 22.7 Å². The Morgan fingerprint density at radius 2 is 2.26 bits per heavy atom. The van der Waals surface area contributed by atoms with Gasteiger partial charge in [-0.05, 0) is 44.2 Å². The Balaban J connectivity index is 1.87. The van der Waals surface area contributed by atoms with Crippen LogP contribution in [0.5, 0.6) is 0 Å². The molecule has 2 rings (SSSR count). The third-order valence-electron chi connectivity index (χ3n) is 3.12. The molecule has 0 saturated carbocycles. The van der Waals surface area contributed by atoms with Crippen LogP contribution in [-0.2, 0) is 12.8 Å². The van der Waals surface area contributed by atoms with Gasteiger partial charge in [0.2, 0.25) is 0 Å². The van der Waals surface area contributed by atoms with E-state index in [4.69, 9.17) is 0 Å². The van der Waals surface area contributed by atoms with Crippen molar-refractivity contribution in [2.75, 3.05) is 6.54 Å². The molecule has 0 amide bonds. The molecule has 0 aliphatic heterocycles. The number of nitrogens with zero attached hydrogens (tertiary/aromatic N) is 1. The van der Waals surface area contributed by atoms with Crippen molar-refractivity contribution in [1.29, 1.82) is 0 Å². The molecule has 1 unspecified atom stereocenters. The van der Waals surface area contributed by atoms with Gasteiger partial charge in [-0.2, -0.15) is 0 Å². The molecule has 0 aliphatic carbocycles. The summed E-state index contributed by atoms with van der Waals surface area (Å²) in [6, 6.07) is 4.91. The van der Waals surface area contributed by atoms with Crippen LogP contribution in [0.2, 0.25) is 0 Å². The molecule has 4 heteroatoms. The number of rotatable bonds is 8. The van der Waals surface area contributed by atoms with E-state index in [-0.39, 0.29) is 0 Å². The zero-order valence-corrected chi connectivity index (χ0v) is 13.3. The van der Waals surface area contributed by atoms with Gasteiger partial charge in [-0.1, -0.05) is 13.0 Å². The molecule has 0 saturated heterocycles. The van der Waals surface area contributed by atoms with Crippen LogP contribution < -0.4 is 5.32 Å². The van der Waals surface area contributed by atoms with Gasteiger partial charge in [0.25, 0.3) is 0 Å². The highest BCUT2D eigenvalue weighted by Crippen LogP contribution is 2.15. The fourth-order valence-corrected chi connectivity index (χ4v) is 3.50. The molecule has 0 fully saturated rings. The monoisotopic (exact) mass is 294 g/mol. The Hall–Kier alpha value is -0.710. The topological polar surface area (TPSA) is 24.9 Å². The standard InChI is InChI=1S/C15H22N2S2/c1-3-8-16-13(6-7-15-5-4-9-18-15)10-14-11-19-12(2)17-14/h4-5,9,11,13,16H,3,6-8,10H2,1-2H3. The van der Waals surface area contributed by atoms with Crippen molar-refractivity contribution in [1.82, 2.24) is 10.3 Å². The second-order valence-corrected chi connectivity index (χ2v) is 6.93. The predicted molar refractivity (Wildman–Crippen MR) is 85.3 cm³/mol. The molecule has 19 heavy (non-hydrogen) atoms. The molecule has 2 aromatic rings. The summed E-state index contributed by atoms with van der Waals surface area (Å²) in [7, 11) is 0. The van der Waals surface area contributed by atoms with Crippen molar-refractivity contribution in [3.8, 4) is 0 Å². The summed E-state index contributed by atoms with van der Waals surface area (Å²) in [6.45, 7) is 5.39. The van der Waals surface area contributed by atoms with Crippen LogP contribution in [0.4, 0.5) is 0 Å². The first-order valence-electron chi connectivity index (χ1n) is 6.94. The molecule has 2 aromatic heterocycles. The molecule has 1 N–H and O–H groups in total. The number of hydrogen-bond acceptors (Lipinski definition) is 4. The number of thiazole rings is 1. The Kier molecular flexibility index (Phi) is 6.01. The van der Waals surface area contributed by atoms with Gasteiger partial charge in [-0.25, -0.2) is 4.98 Å². The molecular weight excluding hydrogens is 272 g/mol. The summed E-state index contributed by atoms with van der Waals surface area (Å²) < 4.78 is 0. The number of thiophene rings is 1. The quantitative estimate of drug-likeness (QED) is 0.794. The zero-order chi connectivity index (χ0) is 13.5. The van der Waals surface area contributed by atoms with E-state index in [0.717, 1.165) is 13.0 Å². The van der Waals surface area contributed by atoms with Gasteiger partial charge >= 0.3 is 0 Å². The lowest BCUT2D eigenvalue weighted by atomic mass is 10.1. The largest absolute Gasteiger partial charge is 0.314 e. The predicted octanol–water partition coefficient (Wildman–Crippen LogP) is 4.06. The molecule has 0 spiro atoms. The molecule has 0 aromatic carbocycles. The number of aryl methyl sites for hydroxylation is 2. The van der Waals surface area contributed by atoms with Crippen LogP contribution in [0.15, 0.2) is 22.9 Å². The SMILES string of the molecule is CCCNC(CCc1cccs1)Cc1csc(C)n1. The van der Waals surface area contributed by atoms with Gasteiger partial charge < -0.3 is 5.32 Å². The van der Waals surface area contributed by atoms with Crippen molar-refractivity contribution < 1.29 is 0 Å². The number of aromatic nitrogens is 1. The Labute approximate surface area is 123 Å². The first-order chi connectivity index (χ1) is 9.28. The highest BCUT2D eigenvalue weighted by atomic mass is 32.1. The summed E-state index contributed by atoms with van der Waals surface area (Å²) in [5.41, 5.74) is 1.24. The minimum absolute atomic E-state index is 0.545. The third-order valence-corrected chi connectivity index (χ3v) is 4.88. The van der Waals surface area contributed by atoms with Crippen molar-refractivity contribution in [3.63, 3.8) is 0 Å². The van der Waals surface area contributed by atoms with Crippen molar-refractivity contribution in [2.24, 2.45) is 0 Å². The first kappa shape index (κ1) is 14.7. The van der Waals surface area contributed by atoms with Gasteiger partial charge in [0.1, 0.15) is 0 Å². The van der Waals surface area contributed by atoms with E-state index in [2.05, 4.69) is 47.0 Å². The second-order valence-electron chi connectivity index (χ2n) is 4.83. The van der Waals surface area contributed by atoms with Crippen molar-refractivity contribution in [2.45, 2.75) is 45.6 Å². The minimum Gasteiger partial charge on any atom is -0.314 e. The average molecular weight is 294 g/mol. The minimum atomic E-state index is 0.545. The van der Waals surface area contributed by atoms with Gasteiger partial charge in [-0.15, -0.1) is 22.7 Å². The van der Waals surface area contributed by atoms with E-state index in [0.29, 0.717) is 6.04 Å². The lowest BCUT2D eigenvalue weighted by Crippen LogP contribution is -2.32. The molecule has 104 valence electrons. The van der Waals surface area contributed by atoms with E-state index in [9.17, 15) is 0 Å².